The molecule has 0 unspecified atom stereocenters. The molecule has 2 N–H and O–H groups in total. The van der Waals surface area contributed by atoms with Crippen LogP contribution in [0.5, 0.6) is 11.5 Å². The summed E-state index contributed by atoms with van der Waals surface area (Å²) in [5.41, 5.74) is 0.290. The number of carbonyl (C=O) groups is 1. The second-order valence-corrected chi connectivity index (χ2v) is 6.48. The van der Waals surface area contributed by atoms with Crippen molar-refractivity contribution in [1.82, 2.24) is 0 Å². The Labute approximate surface area is 123 Å². The number of benzene rings is 1. The van der Waals surface area contributed by atoms with E-state index in [4.69, 9.17) is 9.47 Å². The highest BCUT2D eigenvalue weighted by Gasteiger charge is 2.51. The second kappa shape index (κ2) is 4.63. The number of carboxylic acid groups (broad SMARTS) is 1. The van der Waals surface area contributed by atoms with Crippen LogP contribution in [0.1, 0.15) is 38.9 Å². The summed E-state index contributed by atoms with van der Waals surface area (Å²) < 4.78 is 12.0. The highest BCUT2D eigenvalue weighted by atomic mass is 16.5. The van der Waals surface area contributed by atoms with Crippen LogP contribution in [0.4, 0.5) is 0 Å². The fourth-order valence-corrected chi connectivity index (χ4v) is 3.46. The molecule has 0 spiro atoms. The summed E-state index contributed by atoms with van der Waals surface area (Å²) in [4.78, 5) is 11.4. The van der Waals surface area contributed by atoms with Gasteiger partial charge in [-0.15, -0.1) is 0 Å². The number of hydrogen-bond donors (Lipinski definition) is 2. The zero-order valence-corrected chi connectivity index (χ0v) is 12.4. The minimum Gasteiger partial charge on any atom is -0.508 e. The first kappa shape index (κ1) is 14.2. The molecule has 0 amide bonds. The van der Waals surface area contributed by atoms with Crippen LogP contribution in [-0.4, -0.2) is 27.9 Å². The first-order valence-corrected chi connectivity index (χ1v) is 7.20. The van der Waals surface area contributed by atoms with Gasteiger partial charge in [0.1, 0.15) is 17.1 Å². The zero-order chi connectivity index (χ0) is 15.4. The van der Waals surface area contributed by atoms with Gasteiger partial charge in [0.15, 0.2) is 0 Å². The molecular formula is C16H20O5. The summed E-state index contributed by atoms with van der Waals surface area (Å²) in [7, 11) is 0. The van der Waals surface area contributed by atoms with Crippen LogP contribution in [0.2, 0.25) is 0 Å². The Morgan fingerprint density at radius 3 is 2.76 bits per heavy atom. The van der Waals surface area contributed by atoms with Gasteiger partial charge < -0.3 is 19.7 Å². The molecule has 0 aliphatic carbocycles. The number of fused-ring (bicyclic) bond motifs is 3. The van der Waals surface area contributed by atoms with Crippen LogP contribution in [0, 0.1) is 11.8 Å². The quantitative estimate of drug-likeness (QED) is 0.832. The highest BCUT2D eigenvalue weighted by Crippen LogP contribution is 2.52. The van der Waals surface area contributed by atoms with Crippen molar-refractivity contribution in [3.8, 4) is 11.5 Å². The maximum atomic E-state index is 11.4. The van der Waals surface area contributed by atoms with E-state index < -0.39 is 17.5 Å². The fraction of sp³-hybridized carbons (Fsp3) is 0.562. The lowest BCUT2D eigenvalue weighted by atomic mass is 9.72. The van der Waals surface area contributed by atoms with Gasteiger partial charge in [-0.2, -0.15) is 0 Å². The number of rotatable bonds is 1. The molecule has 0 radical (unpaired) electrons. The third-order valence-corrected chi connectivity index (χ3v) is 4.68. The molecule has 114 valence electrons. The first-order valence-electron chi connectivity index (χ1n) is 7.20. The lowest BCUT2D eigenvalue weighted by Crippen LogP contribution is -2.51. The third kappa shape index (κ3) is 2.25. The smallest absolute Gasteiger partial charge is 0.309 e. The average Bonchev–Trinajstić information content (AvgIpc) is 2.38. The molecule has 1 aromatic carbocycles. The topological polar surface area (TPSA) is 76.0 Å². The fourth-order valence-electron chi connectivity index (χ4n) is 3.46. The number of hydrogen-bond acceptors (Lipinski definition) is 4. The van der Waals surface area contributed by atoms with Crippen LogP contribution in [0.25, 0.3) is 0 Å². The lowest BCUT2D eigenvalue weighted by Gasteiger charge is -2.49. The molecule has 1 fully saturated rings. The van der Waals surface area contributed by atoms with Crippen LogP contribution in [0.3, 0.4) is 0 Å². The van der Waals surface area contributed by atoms with Gasteiger partial charge in [0.05, 0.1) is 18.1 Å². The van der Waals surface area contributed by atoms with E-state index >= 15 is 0 Å². The summed E-state index contributed by atoms with van der Waals surface area (Å²) in [6.07, 6.45) is -0.113. The number of carboxylic acids is 1. The molecular weight excluding hydrogens is 272 g/mol. The van der Waals surface area contributed by atoms with Gasteiger partial charge in [-0.3, -0.25) is 4.79 Å². The number of aromatic hydroxyl groups is 1. The van der Waals surface area contributed by atoms with Crippen molar-refractivity contribution >= 4 is 5.97 Å². The van der Waals surface area contributed by atoms with Gasteiger partial charge in [0, 0.05) is 11.5 Å². The van der Waals surface area contributed by atoms with Crippen molar-refractivity contribution in [1.29, 1.82) is 0 Å². The van der Waals surface area contributed by atoms with E-state index in [0.717, 1.165) is 5.56 Å². The Morgan fingerprint density at radius 1 is 1.38 bits per heavy atom. The number of ether oxygens (including phenoxy) is 2. The molecule has 3 rings (SSSR count). The number of phenols is 1. The molecule has 4 atom stereocenters. The summed E-state index contributed by atoms with van der Waals surface area (Å²) in [5.74, 6) is -0.581. The van der Waals surface area contributed by atoms with Crippen molar-refractivity contribution in [3.05, 3.63) is 23.8 Å². The maximum absolute atomic E-state index is 11.4. The minimum absolute atomic E-state index is 0.0656. The molecule has 2 aliphatic heterocycles. The normalized spacial score (nSPS) is 33.5. The van der Waals surface area contributed by atoms with Crippen molar-refractivity contribution < 1.29 is 24.5 Å². The number of phenolic OH excluding ortho intramolecular Hbond substituents is 1. The maximum Gasteiger partial charge on any atom is 0.309 e. The molecule has 5 heteroatoms. The predicted octanol–water partition coefficient (Wildman–Crippen LogP) is 2.73. The first-order chi connectivity index (χ1) is 9.79. The summed E-state index contributed by atoms with van der Waals surface area (Å²) in [6.45, 7) is 5.71. The lowest BCUT2D eigenvalue weighted by molar-refractivity contribution is -0.183. The van der Waals surface area contributed by atoms with E-state index in [-0.39, 0.29) is 23.9 Å². The molecule has 1 saturated heterocycles. The third-order valence-electron chi connectivity index (χ3n) is 4.68. The Bertz CT molecular complexity index is 580. The molecule has 1 aromatic rings. The van der Waals surface area contributed by atoms with E-state index in [9.17, 15) is 15.0 Å². The van der Waals surface area contributed by atoms with Gasteiger partial charge in [-0.1, -0.05) is 0 Å². The van der Waals surface area contributed by atoms with Gasteiger partial charge in [0.2, 0.25) is 0 Å². The van der Waals surface area contributed by atoms with Crippen LogP contribution in [-0.2, 0) is 9.53 Å². The Hall–Kier alpha value is -1.75. The van der Waals surface area contributed by atoms with Crippen LogP contribution >= 0.6 is 0 Å². The molecule has 0 saturated carbocycles. The summed E-state index contributed by atoms with van der Waals surface area (Å²) >= 11 is 0. The number of aliphatic carboxylic acids is 1. The zero-order valence-electron chi connectivity index (χ0n) is 12.4. The van der Waals surface area contributed by atoms with Gasteiger partial charge in [-0.25, -0.2) is 0 Å². The monoisotopic (exact) mass is 292 g/mol. The Morgan fingerprint density at radius 2 is 2.10 bits per heavy atom. The SMILES string of the molecule is C[C@H]1O[C@H]2c3cc(O)ccc3OC(C)(C)[C@@H]2C[C@@H]1C(=O)O. The van der Waals surface area contributed by atoms with E-state index in [0.29, 0.717) is 12.2 Å². The molecule has 2 aliphatic rings. The van der Waals surface area contributed by atoms with E-state index in [1.54, 1.807) is 25.1 Å². The van der Waals surface area contributed by atoms with E-state index in [2.05, 4.69) is 0 Å². The van der Waals surface area contributed by atoms with E-state index in [1.165, 1.54) is 0 Å². The summed E-state index contributed by atoms with van der Waals surface area (Å²) in [6, 6.07) is 4.97. The molecule has 5 nitrogen and oxygen atoms in total. The molecule has 0 aromatic heterocycles. The van der Waals surface area contributed by atoms with E-state index in [1.807, 2.05) is 13.8 Å². The van der Waals surface area contributed by atoms with Crippen molar-refractivity contribution in [2.75, 3.05) is 0 Å². The Balaban J connectivity index is 2.03. The molecule has 0 bridgehead atoms. The summed E-state index contributed by atoms with van der Waals surface area (Å²) in [5, 5.41) is 19.1. The van der Waals surface area contributed by atoms with Crippen molar-refractivity contribution in [2.24, 2.45) is 11.8 Å². The Kier molecular flexibility index (Phi) is 3.13. The highest BCUT2D eigenvalue weighted by molar-refractivity contribution is 5.71. The average molecular weight is 292 g/mol. The van der Waals surface area contributed by atoms with Gasteiger partial charge in [-0.05, 0) is 45.4 Å². The minimum atomic E-state index is -0.835. The van der Waals surface area contributed by atoms with Crippen molar-refractivity contribution in [3.63, 3.8) is 0 Å². The standard InChI is InChI=1S/C16H20O5/c1-8-10(15(18)19)7-12-14(20-8)11-6-9(17)4-5-13(11)21-16(12,2)3/h4-6,8,10,12,14,17H,7H2,1-3H3,(H,18,19)/t8-,10+,12-,14+/m1/s1. The van der Waals surface area contributed by atoms with Gasteiger partial charge >= 0.3 is 5.97 Å². The largest absolute Gasteiger partial charge is 0.508 e. The van der Waals surface area contributed by atoms with Crippen LogP contribution in [0.15, 0.2) is 18.2 Å². The molecule has 2 heterocycles. The van der Waals surface area contributed by atoms with Gasteiger partial charge in [0.25, 0.3) is 0 Å². The van der Waals surface area contributed by atoms with Crippen molar-refractivity contribution in [2.45, 2.75) is 45.0 Å². The predicted molar refractivity (Wildman–Crippen MR) is 75.3 cm³/mol. The van der Waals surface area contributed by atoms with Crippen LogP contribution < -0.4 is 4.74 Å². The second-order valence-electron chi connectivity index (χ2n) is 6.48. The molecule has 21 heavy (non-hydrogen) atoms.